The standard InChI is InChI=1S/C25H19ClF3N5O2/c1-33(15-21(35)30-17-12-13-20(26)19(14-17)25(27,28)29)24(36)22-31-23(16-8-4-2-5-9-16)34(32-22)18-10-6-3-7-11-18/h2-14H,15H2,1H3,(H,30,35). The Morgan fingerprint density at radius 2 is 1.64 bits per heavy atom. The van der Waals surface area contributed by atoms with E-state index in [0.29, 0.717) is 11.5 Å². The van der Waals surface area contributed by atoms with Crippen LogP contribution in [0.3, 0.4) is 0 Å². The van der Waals surface area contributed by atoms with E-state index in [1.807, 2.05) is 60.7 Å². The molecule has 3 aromatic carbocycles. The average molecular weight is 514 g/mol. The molecular formula is C25H19ClF3N5O2. The Labute approximate surface area is 209 Å². The van der Waals surface area contributed by atoms with Crippen LogP contribution in [0.5, 0.6) is 0 Å². The van der Waals surface area contributed by atoms with Gasteiger partial charge in [-0.15, -0.1) is 5.10 Å². The minimum Gasteiger partial charge on any atom is -0.330 e. The number of benzene rings is 3. The van der Waals surface area contributed by atoms with Gasteiger partial charge in [-0.3, -0.25) is 9.59 Å². The third-order valence-electron chi connectivity index (χ3n) is 5.11. The first kappa shape index (κ1) is 24.9. The van der Waals surface area contributed by atoms with Crippen LogP contribution in [0.1, 0.15) is 16.2 Å². The molecule has 184 valence electrons. The largest absolute Gasteiger partial charge is 0.417 e. The topological polar surface area (TPSA) is 80.1 Å². The molecule has 11 heteroatoms. The molecule has 1 N–H and O–H groups in total. The van der Waals surface area contributed by atoms with Gasteiger partial charge in [0.25, 0.3) is 5.91 Å². The second-order valence-electron chi connectivity index (χ2n) is 7.77. The average Bonchev–Trinajstić information content (AvgIpc) is 3.30. The molecule has 36 heavy (non-hydrogen) atoms. The zero-order valence-electron chi connectivity index (χ0n) is 18.8. The van der Waals surface area contributed by atoms with Gasteiger partial charge in [-0.2, -0.15) is 13.2 Å². The van der Waals surface area contributed by atoms with E-state index in [1.165, 1.54) is 17.8 Å². The quantitative estimate of drug-likeness (QED) is 0.378. The van der Waals surface area contributed by atoms with Crippen molar-refractivity contribution in [1.29, 1.82) is 0 Å². The Balaban J connectivity index is 1.54. The number of aromatic nitrogens is 3. The fraction of sp³-hybridized carbons (Fsp3) is 0.120. The number of hydrogen-bond acceptors (Lipinski definition) is 4. The summed E-state index contributed by atoms with van der Waals surface area (Å²) in [6.45, 7) is -0.441. The van der Waals surface area contributed by atoms with Crippen molar-refractivity contribution >= 4 is 29.1 Å². The molecule has 4 rings (SSSR count). The molecule has 0 aliphatic rings. The Kier molecular flexibility index (Phi) is 7.07. The Hall–Kier alpha value is -4.18. The van der Waals surface area contributed by atoms with Crippen molar-refractivity contribution in [2.75, 3.05) is 18.9 Å². The smallest absolute Gasteiger partial charge is 0.330 e. The number of para-hydroxylation sites is 1. The summed E-state index contributed by atoms with van der Waals surface area (Å²) in [5.74, 6) is -1.04. The zero-order valence-corrected chi connectivity index (χ0v) is 19.6. The predicted molar refractivity (Wildman–Crippen MR) is 129 cm³/mol. The summed E-state index contributed by atoms with van der Waals surface area (Å²) >= 11 is 5.61. The molecule has 0 radical (unpaired) electrons. The maximum absolute atomic E-state index is 13.1. The number of likely N-dealkylation sites (N-methyl/N-ethyl adjacent to an activating group) is 1. The first-order chi connectivity index (χ1) is 17.1. The molecule has 1 heterocycles. The van der Waals surface area contributed by atoms with E-state index >= 15 is 0 Å². The number of carbonyl (C=O) groups is 2. The first-order valence-corrected chi connectivity index (χ1v) is 11.0. The lowest BCUT2D eigenvalue weighted by Crippen LogP contribution is -2.35. The lowest BCUT2D eigenvalue weighted by atomic mass is 10.2. The number of hydrogen-bond donors (Lipinski definition) is 1. The van der Waals surface area contributed by atoms with Crippen LogP contribution in [-0.2, 0) is 11.0 Å². The fourth-order valence-corrected chi connectivity index (χ4v) is 3.63. The molecule has 0 bridgehead atoms. The molecule has 0 aliphatic heterocycles. The summed E-state index contributed by atoms with van der Waals surface area (Å²) in [4.78, 5) is 31.0. The molecule has 0 saturated heterocycles. The highest BCUT2D eigenvalue weighted by molar-refractivity contribution is 6.31. The van der Waals surface area contributed by atoms with Crippen molar-refractivity contribution in [2.45, 2.75) is 6.18 Å². The van der Waals surface area contributed by atoms with Crippen LogP contribution < -0.4 is 5.32 Å². The number of nitrogens with zero attached hydrogens (tertiary/aromatic N) is 4. The molecule has 0 unspecified atom stereocenters. The number of alkyl halides is 3. The van der Waals surface area contributed by atoms with Gasteiger partial charge in [0.2, 0.25) is 11.7 Å². The summed E-state index contributed by atoms with van der Waals surface area (Å²) < 4.78 is 40.8. The van der Waals surface area contributed by atoms with Crippen LogP contribution in [0.2, 0.25) is 5.02 Å². The SMILES string of the molecule is CN(CC(=O)Nc1ccc(Cl)c(C(F)(F)F)c1)C(=O)c1nc(-c2ccccc2)n(-c2ccccc2)n1. The van der Waals surface area contributed by atoms with Gasteiger partial charge >= 0.3 is 6.18 Å². The van der Waals surface area contributed by atoms with Crippen LogP contribution in [-0.4, -0.2) is 45.1 Å². The highest BCUT2D eigenvalue weighted by Gasteiger charge is 2.33. The lowest BCUT2D eigenvalue weighted by Gasteiger charge is -2.16. The van der Waals surface area contributed by atoms with E-state index in [-0.39, 0.29) is 11.5 Å². The van der Waals surface area contributed by atoms with Gasteiger partial charge in [-0.1, -0.05) is 60.1 Å². The van der Waals surface area contributed by atoms with Gasteiger partial charge < -0.3 is 10.2 Å². The lowest BCUT2D eigenvalue weighted by molar-refractivity contribution is -0.137. The number of carbonyl (C=O) groups excluding carboxylic acids is 2. The number of amides is 2. The van der Waals surface area contributed by atoms with Crippen LogP contribution in [0.4, 0.5) is 18.9 Å². The Morgan fingerprint density at radius 3 is 2.28 bits per heavy atom. The van der Waals surface area contributed by atoms with Crippen molar-refractivity contribution < 1.29 is 22.8 Å². The van der Waals surface area contributed by atoms with Crippen molar-refractivity contribution in [3.8, 4) is 17.1 Å². The number of anilines is 1. The molecule has 0 atom stereocenters. The predicted octanol–water partition coefficient (Wildman–Crippen LogP) is 5.32. The highest BCUT2D eigenvalue weighted by Crippen LogP contribution is 2.36. The Bertz CT molecular complexity index is 1340. The number of rotatable bonds is 6. The summed E-state index contributed by atoms with van der Waals surface area (Å²) in [5.41, 5.74) is 0.244. The summed E-state index contributed by atoms with van der Waals surface area (Å²) in [6.07, 6.45) is -4.68. The van der Waals surface area contributed by atoms with Crippen molar-refractivity contribution in [1.82, 2.24) is 19.7 Å². The normalized spacial score (nSPS) is 11.2. The molecule has 4 aromatic rings. The second kappa shape index (κ2) is 10.2. The second-order valence-corrected chi connectivity index (χ2v) is 8.18. The van der Waals surface area contributed by atoms with Crippen molar-refractivity contribution in [3.63, 3.8) is 0 Å². The van der Waals surface area contributed by atoms with Crippen LogP contribution in [0.25, 0.3) is 17.1 Å². The van der Waals surface area contributed by atoms with Crippen LogP contribution in [0, 0.1) is 0 Å². The molecule has 0 aliphatic carbocycles. The summed E-state index contributed by atoms with van der Waals surface area (Å²) in [6, 6.07) is 21.3. The number of halogens is 4. The third-order valence-corrected chi connectivity index (χ3v) is 5.44. The van der Waals surface area contributed by atoms with Gasteiger partial charge in [0.1, 0.15) is 0 Å². The molecule has 7 nitrogen and oxygen atoms in total. The van der Waals surface area contributed by atoms with Crippen molar-refractivity contribution in [2.24, 2.45) is 0 Å². The van der Waals surface area contributed by atoms with E-state index in [2.05, 4.69) is 15.4 Å². The maximum Gasteiger partial charge on any atom is 0.417 e. The Morgan fingerprint density at radius 1 is 1.00 bits per heavy atom. The van der Waals surface area contributed by atoms with Crippen LogP contribution in [0.15, 0.2) is 78.9 Å². The van der Waals surface area contributed by atoms with Crippen molar-refractivity contribution in [3.05, 3.63) is 95.3 Å². The van der Waals surface area contributed by atoms with Gasteiger partial charge in [0.15, 0.2) is 5.82 Å². The van der Waals surface area contributed by atoms with E-state index in [1.54, 1.807) is 0 Å². The van der Waals surface area contributed by atoms with Gasteiger partial charge in [0.05, 0.1) is 22.8 Å². The number of nitrogens with one attached hydrogen (secondary N) is 1. The monoisotopic (exact) mass is 513 g/mol. The maximum atomic E-state index is 13.1. The minimum absolute atomic E-state index is 0.101. The van der Waals surface area contributed by atoms with Gasteiger partial charge in [-0.25, -0.2) is 9.67 Å². The molecular weight excluding hydrogens is 495 g/mol. The van der Waals surface area contributed by atoms with Gasteiger partial charge in [-0.05, 0) is 30.3 Å². The summed E-state index contributed by atoms with van der Waals surface area (Å²) in [5, 5.41) is 6.23. The fourth-order valence-electron chi connectivity index (χ4n) is 3.40. The highest BCUT2D eigenvalue weighted by atomic mass is 35.5. The molecule has 0 saturated carbocycles. The van der Waals surface area contributed by atoms with Gasteiger partial charge in [0, 0.05) is 18.3 Å². The molecule has 1 aromatic heterocycles. The minimum atomic E-state index is -4.68. The molecule has 0 fully saturated rings. The van der Waals surface area contributed by atoms with E-state index in [4.69, 9.17) is 11.6 Å². The van der Waals surface area contributed by atoms with Crippen LogP contribution >= 0.6 is 11.6 Å². The van der Waals surface area contributed by atoms with E-state index in [0.717, 1.165) is 22.6 Å². The molecule has 0 spiro atoms. The third kappa shape index (κ3) is 5.55. The van der Waals surface area contributed by atoms with E-state index < -0.39 is 35.1 Å². The summed E-state index contributed by atoms with van der Waals surface area (Å²) in [7, 11) is 1.37. The zero-order chi connectivity index (χ0) is 25.9. The molecule has 2 amide bonds. The van der Waals surface area contributed by atoms with E-state index in [9.17, 15) is 22.8 Å². The first-order valence-electron chi connectivity index (χ1n) is 10.6.